The predicted octanol–water partition coefficient (Wildman–Crippen LogP) is 2.14. The molecule has 19 heavy (non-hydrogen) atoms. The summed E-state index contributed by atoms with van der Waals surface area (Å²) in [6.07, 6.45) is 4.50. The van der Waals surface area contributed by atoms with Gasteiger partial charge in [0.1, 0.15) is 5.60 Å². The van der Waals surface area contributed by atoms with Crippen LogP contribution in [-0.2, 0) is 4.74 Å². The third-order valence-electron chi connectivity index (χ3n) is 3.24. The zero-order chi connectivity index (χ0) is 14.5. The highest BCUT2D eigenvalue weighted by molar-refractivity contribution is 5.67. The van der Waals surface area contributed by atoms with Gasteiger partial charge in [-0.1, -0.05) is 12.8 Å². The van der Waals surface area contributed by atoms with Crippen molar-refractivity contribution in [3.8, 4) is 0 Å². The molecule has 0 heterocycles. The highest BCUT2D eigenvalue weighted by Gasteiger charge is 2.26. The quantitative estimate of drug-likeness (QED) is 0.769. The van der Waals surface area contributed by atoms with E-state index in [0.717, 1.165) is 6.42 Å². The molecule has 2 unspecified atom stereocenters. The Hall–Kier alpha value is -0.810. The van der Waals surface area contributed by atoms with Crippen LogP contribution >= 0.6 is 0 Å². The Morgan fingerprint density at radius 2 is 1.89 bits per heavy atom. The van der Waals surface area contributed by atoms with Crippen LogP contribution in [-0.4, -0.2) is 43.4 Å². The summed E-state index contributed by atoms with van der Waals surface area (Å²) in [4.78, 5) is 11.7. The minimum Gasteiger partial charge on any atom is -0.444 e. The van der Waals surface area contributed by atoms with Gasteiger partial charge in [-0.25, -0.2) is 4.79 Å². The number of rotatable bonds is 4. The minimum absolute atomic E-state index is 0.318. The lowest BCUT2D eigenvalue weighted by Crippen LogP contribution is -2.49. The number of ether oxygens (including phenoxy) is 1. The fourth-order valence-electron chi connectivity index (χ4n) is 2.48. The molecule has 1 fully saturated rings. The van der Waals surface area contributed by atoms with Gasteiger partial charge in [0, 0.05) is 26.7 Å². The first-order valence-corrected chi connectivity index (χ1v) is 7.18. The van der Waals surface area contributed by atoms with Crippen molar-refractivity contribution in [2.24, 2.45) is 5.92 Å². The first-order chi connectivity index (χ1) is 8.78. The number of alkyl carbamates (subject to hydrolysis) is 1. The van der Waals surface area contributed by atoms with E-state index in [2.05, 4.69) is 10.7 Å². The SMILES string of the molecule is CN(C)NC1CCCCC1CNC(=O)OC(C)(C)C. The Morgan fingerprint density at radius 3 is 2.47 bits per heavy atom. The maximum absolute atomic E-state index is 11.7. The Bertz CT molecular complexity index is 287. The van der Waals surface area contributed by atoms with Crippen molar-refractivity contribution in [3.63, 3.8) is 0 Å². The third-order valence-corrected chi connectivity index (χ3v) is 3.24. The molecule has 0 aliphatic heterocycles. The van der Waals surface area contributed by atoms with E-state index in [0.29, 0.717) is 18.5 Å². The molecule has 5 nitrogen and oxygen atoms in total. The number of hydrogen-bond acceptors (Lipinski definition) is 4. The van der Waals surface area contributed by atoms with Gasteiger partial charge in [0.15, 0.2) is 0 Å². The highest BCUT2D eigenvalue weighted by atomic mass is 16.6. The molecule has 2 N–H and O–H groups in total. The van der Waals surface area contributed by atoms with Gasteiger partial charge in [-0.05, 0) is 39.5 Å². The molecule has 2 atom stereocenters. The maximum atomic E-state index is 11.7. The van der Waals surface area contributed by atoms with Crippen LogP contribution in [0, 0.1) is 5.92 Å². The van der Waals surface area contributed by atoms with Gasteiger partial charge in [0.2, 0.25) is 0 Å². The van der Waals surface area contributed by atoms with Crippen LogP contribution in [0.4, 0.5) is 4.79 Å². The van der Waals surface area contributed by atoms with Crippen LogP contribution in [0.2, 0.25) is 0 Å². The fraction of sp³-hybridized carbons (Fsp3) is 0.929. The lowest BCUT2D eigenvalue weighted by Gasteiger charge is -2.34. The summed E-state index contributed by atoms with van der Waals surface area (Å²) in [6, 6.07) is 0.443. The number of carbonyl (C=O) groups excluding carboxylic acids is 1. The molecule has 1 rings (SSSR count). The Balaban J connectivity index is 2.38. The van der Waals surface area contributed by atoms with Gasteiger partial charge < -0.3 is 10.1 Å². The Morgan fingerprint density at radius 1 is 1.26 bits per heavy atom. The second-order valence-electron chi connectivity index (χ2n) is 6.56. The van der Waals surface area contributed by atoms with Gasteiger partial charge >= 0.3 is 6.09 Å². The van der Waals surface area contributed by atoms with E-state index in [1.54, 1.807) is 0 Å². The average Bonchev–Trinajstić information content (AvgIpc) is 2.24. The Kier molecular flexibility index (Phi) is 6.07. The summed E-state index contributed by atoms with van der Waals surface area (Å²) in [5.41, 5.74) is 3.01. The lowest BCUT2D eigenvalue weighted by atomic mass is 9.85. The second-order valence-corrected chi connectivity index (χ2v) is 6.56. The van der Waals surface area contributed by atoms with Crippen molar-refractivity contribution in [1.29, 1.82) is 0 Å². The van der Waals surface area contributed by atoms with E-state index >= 15 is 0 Å². The standard InChI is InChI=1S/C14H29N3O2/c1-14(2,3)19-13(18)15-10-11-8-6-7-9-12(11)16-17(4)5/h11-12,16H,6-10H2,1-5H3,(H,15,18). The normalized spacial score (nSPS) is 24.3. The largest absolute Gasteiger partial charge is 0.444 e. The predicted molar refractivity (Wildman–Crippen MR) is 76.8 cm³/mol. The van der Waals surface area contributed by atoms with Gasteiger partial charge in [-0.15, -0.1) is 0 Å². The van der Waals surface area contributed by atoms with E-state index in [1.165, 1.54) is 19.3 Å². The van der Waals surface area contributed by atoms with Crippen molar-refractivity contribution in [2.75, 3.05) is 20.6 Å². The molecular formula is C14H29N3O2. The molecule has 1 aliphatic rings. The van der Waals surface area contributed by atoms with Crippen molar-refractivity contribution < 1.29 is 9.53 Å². The molecule has 112 valence electrons. The number of nitrogens with one attached hydrogen (secondary N) is 2. The number of amides is 1. The van der Waals surface area contributed by atoms with E-state index in [1.807, 2.05) is 39.9 Å². The van der Waals surface area contributed by atoms with Crippen molar-refractivity contribution in [2.45, 2.75) is 58.1 Å². The third kappa shape index (κ3) is 6.78. The van der Waals surface area contributed by atoms with E-state index in [4.69, 9.17) is 4.74 Å². The molecule has 0 saturated heterocycles. The van der Waals surface area contributed by atoms with E-state index < -0.39 is 5.60 Å². The summed E-state index contributed by atoms with van der Waals surface area (Å²) in [5.74, 6) is 0.476. The van der Waals surface area contributed by atoms with Crippen molar-refractivity contribution in [1.82, 2.24) is 15.8 Å². The van der Waals surface area contributed by atoms with Crippen LogP contribution in [0.3, 0.4) is 0 Å². The topological polar surface area (TPSA) is 53.6 Å². The van der Waals surface area contributed by atoms with Crippen LogP contribution in [0.25, 0.3) is 0 Å². The zero-order valence-electron chi connectivity index (χ0n) is 13.0. The highest BCUT2D eigenvalue weighted by Crippen LogP contribution is 2.24. The Labute approximate surface area is 117 Å². The van der Waals surface area contributed by atoms with Gasteiger partial charge in [0.25, 0.3) is 0 Å². The number of hydrazine groups is 1. The van der Waals surface area contributed by atoms with Gasteiger partial charge in [0.05, 0.1) is 0 Å². The molecule has 1 amide bonds. The van der Waals surface area contributed by atoms with Crippen LogP contribution in [0.1, 0.15) is 46.5 Å². The molecule has 0 aromatic heterocycles. The summed E-state index contributed by atoms with van der Waals surface area (Å²) in [5, 5.41) is 4.89. The van der Waals surface area contributed by atoms with Crippen LogP contribution in [0.15, 0.2) is 0 Å². The number of carbonyl (C=O) groups is 1. The summed E-state index contributed by atoms with van der Waals surface area (Å²) >= 11 is 0. The van der Waals surface area contributed by atoms with E-state index in [9.17, 15) is 4.79 Å². The van der Waals surface area contributed by atoms with Gasteiger partial charge in [-0.2, -0.15) is 0 Å². The molecule has 5 heteroatoms. The van der Waals surface area contributed by atoms with Crippen LogP contribution in [0.5, 0.6) is 0 Å². The smallest absolute Gasteiger partial charge is 0.407 e. The molecule has 1 saturated carbocycles. The van der Waals surface area contributed by atoms with Gasteiger partial charge in [-0.3, -0.25) is 10.4 Å². The van der Waals surface area contributed by atoms with E-state index in [-0.39, 0.29) is 6.09 Å². The zero-order valence-corrected chi connectivity index (χ0v) is 13.0. The molecule has 0 bridgehead atoms. The summed E-state index contributed by atoms with van der Waals surface area (Å²) < 4.78 is 5.26. The minimum atomic E-state index is -0.433. The first kappa shape index (κ1) is 16.2. The molecule has 0 aromatic rings. The van der Waals surface area contributed by atoms with Crippen molar-refractivity contribution in [3.05, 3.63) is 0 Å². The molecule has 0 aromatic carbocycles. The first-order valence-electron chi connectivity index (χ1n) is 7.18. The fourth-order valence-corrected chi connectivity index (χ4v) is 2.48. The second kappa shape index (κ2) is 7.10. The molecule has 0 radical (unpaired) electrons. The lowest BCUT2D eigenvalue weighted by molar-refractivity contribution is 0.0503. The number of nitrogens with zero attached hydrogens (tertiary/aromatic N) is 1. The molecule has 1 aliphatic carbocycles. The van der Waals surface area contributed by atoms with Crippen LogP contribution < -0.4 is 10.7 Å². The maximum Gasteiger partial charge on any atom is 0.407 e. The molecule has 0 spiro atoms. The number of hydrogen-bond donors (Lipinski definition) is 2. The summed E-state index contributed by atoms with van der Waals surface area (Å²) in [7, 11) is 4.01. The monoisotopic (exact) mass is 271 g/mol. The van der Waals surface area contributed by atoms with Crippen molar-refractivity contribution >= 4 is 6.09 Å². The average molecular weight is 271 g/mol. The molecular weight excluding hydrogens is 242 g/mol. The summed E-state index contributed by atoms with van der Waals surface area (Å²) in [6.45, 7) is 6.32.